The molecule has 0 bridgehead atoms. The van der Waals surface area contributed by atoms with Crippen LogP contribution >= 0.6 is 0 Å². The van der Waals surface area contributed by atoms with Gasteiger partial charge in [-0.05, 0) is 31.7 Å². The van der Waals surface area contributed by atoms with Gasteiger partial charge in [0.25, 0.3) is 0 Å². The van der Waals surface area contributed by atoms with Crippen LogP contribution in [0.4, 0.5) is 0 Å². The Morgan fingerprint density at radius 3 is 2.62 bits per heavy atom. The summed E-state index contributed by atoms with van der Waals surface area (Å²) in [6.07, 6.45) is 3.13. The second-order valence-electron chi connectivity index (χ2n) is 5.72. The molecule has 1 aliphatic rings. The standard InChI is InChI=1S/C14H22N2O4S/c1-4-15-9-11(8-13(15)14(17)18)21(19,20)16-7-5-6-12(16)10(2)3/h8-10,12H,4-7H2,1-3H3,(H,17,18). The number of hydrogen-bond acceptors (Lipinski definition) is 3. The van der Waals surface area contributed by atoms with Crippen LogP contribution in [0.2, 0.25) is 0 Å². The third-order valence-electron chi connectivity index (χ3n) is 4.06. The van der Waals surface area contributed by atoms with Crippen LogP contribution in [0.3, 0.4) is 0 Å². The van der Waals surface area contributed by atoms with E-state index < -0.39 is 16.0 Å². The van der Waals surface area contributed by atoms with E-state index in [1.165, 1.54) is 21.1 Å². The van der Waals surface area contributed by atoms with Gasteiger partial charge in [0, 0.05) is 25.3 Å². The second-order valence-corrected chi connectivity index (χ2v) is 7.61. The number of sulfonamides is 1. The van der Waals surface area contributed by atoms with Crippen LogP contribution < -0.4 is 0 Å². The molecule has 0 amide bonds. The minimum Gasteiger partial charge on any atom is -0.477 e. The molecule has 1 aliphatic heterocycles. The Kier molecular flexibility index (Phi) is 4.43. The van der Waals surface area contributed by atoms with Crippen molar-refractivity contribution in [2.45, 2.75) is 51.1 Å². The van der Waals surface area contributed by atoms with Gasteiger partial charge in [-0.25, -0.2) is 13.2 Å². The molecular weight excluding hydrogens is 292 g/mol. The molecule has 0 spiro atoms. The molecule has 118 valence electrons. The molecule has 6 nitrogen and oxygen atoms in total. The molecule has 1 unspecified atom stereocenters. The average molecular weight is 314 g/mol. The summed E-state index contributed by atoms with van der Waals surface area (Å²) in [5.74, 6) is -0.866. The van der Waals surface area contributed by atoms with Crippen molar-refractivity contribution in [3.8, 4) is 0 Å². The van der Waals surface area contributed by atoms with Gasteiger partial charge in [-0.1, -0.05) is 13.8 Å². The molecule has 1 atom stereocenters. The van der Waals surface area contributed by atoms with Gasteiger partial charge in [0.2, 0.25) is 10.0 Å². The lowest BCUT2D eigenvalue weighted by atomic mass is 10.0. The van der Waals surface area contributed by atoms with Crippen molar-refractivity contribution in [3.05, 3.63) is 18.0 Å². The highest BCUT2D eigenvalue weighted by atomic mass is 32.2. The monoisotopic (exact) mass is 314 g/mol. The smallest absolute Gasteiger partial charge is 0.352 e. The fourth-order valence-corrected chi connectivity index (χ4v) is 4.80. The third kappa shape index (κ3) is 2.85. The van der Waals surface area contributed by atoms with Gasteiger partial charge >= 0.3 is 5.97 Å². The molecule has 2 rings (SSSR count). The molecule has 21 heavy (non-hydrogen) atoms. The first kappa shape index (κ1) is 16.0. The second kappa shape index (κ2) is 5.81. The molecule has 0 aliphatic carbocycles. The molecule has 0 aromatic carbocycles. The van der Waals surface area contributed by atoms with Crippen LogP contribution in [0.5, 0.6) is 0 Å². The van der Waals surface area contributed by atoms with E-state index in [4.69, 9.17) is 5.11 Å². The van der Waals surface area contributed by atoms with E-state index in [1.54, 1.807) is 6.92 Å². The van der Waals surface area contributed by atoms with Crippen LogP contribution in [0.25, 0.3) is 0 Å². The molecule has 1 aromatic heterocycles. The Morgan fingerprint density at radius 1 is 1.48 bits per heavy atom. The van der Waals surface area contributed by atoms with Crippen LogP contribution in [0, 0.1) is 5.92 Å². The third-order valence-corrected chi connectivity index (χ3v) is 5.95. The maximum atomic E-state index is 12.8. The van der Waals surface area contributed by atoms with E-state index in [-0.39, 0.29) is 22.5 Å². The Labute approximate surface area is 125 Å². The number of carbonyl (C=O) groups is 1. The van der Waals surface area contributed by atoms with Crippen molar-refractivity contribution in [1.29, 1.82) is 0 Å². The van der Waals surface area contributed by atoms with Crippen molar-refractivity contribution < 1.29 is 18.3 Å². The zero-order chi connectivity index (χ0) is 15.8. The number of nitrogens with zero attached hydrogens (tertiary/aromatic N) is 2. The minimum absolute atomic E-state index is 0.00625. The van der Waals surface area contributed by atoms with Crippen molar-refractivity contribution in [3.63, 3.8) is 0 Å². The normalized spacial score (nSPS) is 20.3. The highest BCUT2D eigenvalue weighted by Gasteiger charge is 2.37. The summed E-state index contributed by atoms with van der Waals surface area (Å²) in [6.45, 7) is 6.74. The lowest BCUT2D eigenvalue weighted by molar-refractivity contribution is 0.0685. The first-order chi connectivity index (χ1) is 9.78. The molecular formula is C14H22N2O4S. The topological polar surface area (TPSA) is 79.6 Å². The molecule has 1 aromatic rings. The van der Waals surface area contributed by atoms with Gasteiger partial charge in [-0.3, -0.25) is 0 Å². The van der Waals surface area contributed by atoms with Gasteiger partial charge in [0.15, 0.2) is 0 Å². The maximum absolute atomic E-state index is 12.8. The van der Waals surface area contributed by atoms with Gasteiger partial charge in [-0.2, -0.15) is 4.31 Å². The quantitative estimate of drug-likeness (QED) is 0.901. The summed E-state index contributed by atoms with van der Waals surface area (Å²) in [5, 5.41) is 9.15. The van der Waals surface area contributed by atoms with Gasteiger partial charge in [0.1, 0.15) is 10.6 Å². The van der Waals surface area contributed by atoms with Crippen LogP contribution in [0.15, 0.2) is 17.2 Å². The summed E-state index contributed by atoms with van der Waals surface area (Å²) in [7, 11) is -3.63. The van der Waals surface area contributed by atoms with E-state index in [2.05, 4.69) is 0 Å². The average Bonchev–Trinajstić information content (AvgIpc) is 3.05. The summed E-state index contributed by atoms with van der Waals surface area (Å²) in [5.41, 5.74) is 0.0105. The summed E-state index contributed by atoms with van der Waals surface area (Å²) < 4.78 is 28.5. The summed E-state index contributed by atoms with van der Waals surface area (Å²) in [4.78, 5) is 11.3. The zero-order valence-electron chi connectivity index (χ0n) is 12.6. The van der Waals surface area contributed by atoms with E-state index in [0.717, 1.165) is 12.8 Å². The predicted octanol–water partition coefficient (Wildman–Crippen LogP) is 2.02. The minimum atomic E-state index is -3.63. The summed E-state index contributed by atoms with van der Waals surface area (Å²) in [6, 6.07) is 1.25. The fraction of sp³-hybridized carbons (Fsp3) is 0.643. The van der Waals surface area contributed by atoms with Gasteiger partial charge in [-0.15, -0.1) is 0 Å². The van der Waals surface area contributed by atoms with Gasteiger partial charge < -0.3 is 9.67 Å². The maximum Gasteiger partial charge on any atom is 0.352 e. The first-order valence-electron chi connectivity index (χ1n) is 7.24. The molecule has 1 N–H and O–H groups in total. The molecule has 0 saturated carbocycles. The summed E-state index contributed by atoms with van der Waals surface area (Å²) >= 11 is 0. The SMILES string of the molecule is CCn1cc(S(=O)(=O)N2CCCC2C(C)C)cc1C(=O)O. The number of rotatable bonds is 5. The molecule has 2 heterocycles. The molecule has 0 radical (unpaired) electrons. The number of aryl methyl sites for hydroxylation is 1. The highest BCUT2D eigenvalue weighted by molar-refractivity contribution is 7.89. The van der Waals surface area contributed by atoms with Crippen LogP contribution in [0.1, 0.15) is 44.1 Å². The number of carboxylic acids is 1. The Morgan fingerprint density at radius 2 is 2.14 bits per heavy atom. The largest absolute Gasteiger partial charge is 0.477 e. The number of carboxylic acid groups (broad SMARTS) is 1. The van der Waals surface area contributed by atoms with Crippen molar-refractivity contribution in [1.82, 2.24) is 8.87 Å². The Hall–Kier alpha value is -1.34. The van der Waals surface area contributed by atoms with E-state index >= 15 is 0 Å². The number of hydrogen-bond donors (Lipinski definition) is 1. The lowest BCUT2D eigenvalue weighted by Crippen LogP contribution is -2.38. The molecule has 1 saturated heterocycles. The van der Waals surface area contributed by atoms with Crippen molar-refractivity contribution in [2.75, 3.05) is 6.54 Å². The van der Waals surface area contributed by atoms with Crippen LogP contribution in [-0.2, 0) is 16.6 Å². The van der Waals surface area contributed by atoms with Crippen molar-refractivity contribution >= 4 is 16.0 Å². The Balaban J connectivity index is 2.42. The highest BCUT2D eigenvalue weighted by Crippen LogP contribution is 2.30. The Bertz CT molecular complexity index is 633. The first-order valence-corrected chi connectivity index (χ1v) is 8.68. The molecule has 1 fully saturated rings. The van der Waals surface area contributed by atoms with Gasteiger partial charge in [0.05, 0.1) is 0 Å². The van der Waals surface area contributed by atoms with Crippen molar-refractivity contribution in [2.24, 2.45) is 5.92 Å². The van der Waals surface area contributed by atoms with E-state index in [0.29, 0.717) is 13.1 Å². The zero-order valence-corrected chi connectivity index (χ0v) is 13.4. The molecule has 7 heteroatoms. The van der Waals surface area contributed by atoms with Crippen LogP contribution in [-0.4, -0.2) is 41.0 Å². The van der Waals surface area contributed by atoms with E-state index in [9.17, 15) is 13.2 Å². The van der Waals surface area contributed by atoms with E-state index in [1.807, 2.05) is 13.8 Å². The predicted molar refractivity (Wildman–Crippen MR) is 78.8 cm³/mol. The fourth-order valence-electron chi connectivity index (χ4n) is 2.93. The number of aromatic carboxylic acids is 1. The lowest BCUT2D eigenvalue weighted by Gasteiger charge is -2.26. The number of aromatic nitrogens is 1.